The topological polar surface area (TPSA) is 75.7 Å². The van der Waals surface area contributed by atoms with Gasteiger partial charge >= 0.3 is 0 Å². The fourth-order valence-electron chi connectivity index (χ4n) is 4.38. The first kappa shape index (κ1) is 22.3. The zero-order valence-electron chi connectivity index (χ0n) is 17.3. The van der Waals surface area contributed by atoms with Gasteiger partial charge in [-0.3, -0.25) is 4.79 Å². The van der Waals surface area contributed by atoms with Crippen LogP contribution < -0.4 is 5.32 Å². The van der Waals surface area contributed by atoms with Gasteiger partial charge in [-0.15, -0.1) is 0 Å². The summed E-state index contributed by atoms with van der Waals surface area (Å²) in [6, 6.07) is 14.6. The fourth-order valence-corrected chi connectivity index (χ4v) is 6.40. The minimum atomic E-state index is -3.71. The number of nitrogens with one attached hydrogen (secondary N) is 1. The van der Waals surface area contributed by atoms with Crippen LogP contribution >= 0.6 is 11.6 Å². The molecule has 0 aliphatic carbocycles. The van der Waals surface area contributed by atoms with Crippen LogP contribution in [-0.2, 0) is 20.2 Å². The molecule has 2 aromatic rings. The van der Waals surface area contributed by atoms with Crippen LogP contribution in [0.25, 0.3) is 0 Å². The van der Waals surface area contributed by atoms with Crippen molar-refractivity contribution in [3.8, 4) is 0 Å². The van der Waals surface area contributed by atoms with Crippen LogP contribution in [0, 0.1) is 0 Å². The van der Waals surface area contributed by atoms with Gasteiger partial charge in [-0.1, -0.05) is 41.9 Å². The molecule has 8 heteroatoms. The molecule has 2 aliphatic rings. The zero-order chi connectivity index (χ0) is 21.9. The third kappa shape index (κ3) is 4.65. The summed E-state index contributed by atoms with van der Waals surface area (Å²) in [5.41, 5.74) is 1.26. The third-order valence-electron chi connectivity index (χ3n) is 6.30. The lowest BCUT2D eigenvalue weighted by Gasteiger charge is -2.38. The number of hydrogen-bond donors (Lipinski definition) is 1. The Labute approximate surface area is 188 Å². The van der Waals surface area contributed by atoms with E-state index in [1.807, 2.05) is 18.2 Å². The number of carbonyl (C=O) groups is 1. The highest BCUT2D eigenvalue weighted by Crippen LogP contribution is 2.34. The standard InChI is InChI=1S/C23H27ClN2O4S/c24-20-9-8-18(16-21(20)31(28,29)26-12-4-5-13-26)22(27)25-17-23(10-14-30-15-11-23)19-6-2-1-3-7-19/h1-3,6-9,16H,4-5,10-15,17H2,(H,25,27). The van der Waals surface area contributed by atoms with Crippen LogP contribution in [0.2, 0.25) is 5.02 Å². The Morgan fingerprint density at radius 1 is 1.06 bits per heavy atom. The second-order valence-corrected chi connectivity index (χ2v) is 10.5. The highest BCUT2D eigenvalue weighted by atomic mass is 35.5. The number of carbonyl (C=O) groups excluding carboxylic acids is 1. The second-order valence-electron chi connectivity index (χ2n) is 8.20. The molecule has 166 valence electrons. The molecule has 2 aliphatic heterocycles. The van der Waals surface area contributed by atoms with Gasteiger partial charge in [0.25, 0.3) is 5.91 Å². The van der Waals surface area contributed by atoms with Crippen molar-refractivity contribution in [1.29, 1.82) is 0 Å². The molecule has 6 nitrogen and oxygen atoms in total. The molecule has 4 rings (SSSR count). The lowest BCUT2D eigenvalue weighted by molar-refractivity contribution is 0.0487. The molecule has 0 spiro atoms. The Bertz CT molecular complexity index is 1030. The van der Waals surface area contributed by atoms with Gasteiger partial charge in [-0.2, -0.15) is 4.31 Å². The maximum absolute atomic E-state index is 13.0. The van der Waals surface area contributed by atoms with E-state index in [0.29, 0.717) is 32.8 Å². The third-order valence-corrected chi connectivity index (χ3v) is 8.68. The number of nitrogens with zero attached hydrogens (tertiary/aromatic N) is 1. The molecule has 0 saturated carbocycles. The van der Waals surface area contributed by atoms with E-state index in [0.717, 1.165) is 25.7 Å². The molecule has 2 heterocycles. The van der Waals surface area contributed by atoms with Crippen molar-refractivity contribution in [3.63, 3.8) is 0 Å². The summed E-state index contributed by atoms with van der Waals surface area (Å²) in [6.45, 7) is 2.71. The first-order valence-corrected chi connectivity index (χ1v) is 12.5. The summed E-state index contributed by atoms with van der Waals surface area (Å²) in [7, 11) is -3.71. The van der Waals surface area contributed by atoms with Gasteiger partial charge in [0.1, 0.15) is 4.90 Å². The van der Waals surface area contributed by atoms with Gasteiger partial charge in [0.05, 0.1) is 5.02 Å². The summed E-state index contributed by atoms with van der Waals surface area (Å²) in [6.07, 6.45) is 3.30. The van der Waals surface area contributed by atoms with Crippen LogP contribution in [0.4, 0.5) is 0 Å². The van der Waals surface area contributed by atoms with E-state index in [-0.39, 0.29) is 26.8 Å². The number of halogens is 1. The van der Waals surface area contributed by atoms with Gasteiger partial charge in [0, 0.05) is 43.8 Å². The molecule has 0 bridgehead atoms. The summed E-state index contributed by atoms with van der Waals surface area (Å²) in [5, 5.41) is 3.16. The van der Waals surface area contributed by atoms with Crippen LogP contribution in [-0.4, -0.2) is 51.5 Å². The average molecular weight is 463 g/mol. The molecule has 0 aromatic heterocycles. The number of rotatable bonds is 6. The molecular formula is C23H27ClN2O4S. The first-order chi connectivity index (χ1) is 14.9. The van der Waals surface area contributed by atoms with E-state index in [2.05, 4.69) is 17.4 Å². The van der Waals surface area contributed by atoms with Crippen molar-refractivity contribution < 1.29 is 17.9 Å². The number of benzene rings is 2. The highest BCUT2D eigenvalue weighted by Gasteiger charge is 2.35. The van der Waals surface area contributed by atoms with E-state index in [1.54, 1.807) is 6.07 Å². The predicted octanol–water partition coefficient (Wildman–Crippen LogP) is 3.60. The maximum atomic E-state index is 13.0. The molecule has 2 saturated heterocycles. The van der Waals surface area contributed by atoms with Crippen molar-refractivity contribution in [2.75, 3.05) is 32.8 Å². The Balaban J connectivity index is 1.54. The molecule has 0 radical (unpaired) electrons. The largest absolute Gasteiger partial charge is 0.381 e. The highest BCUT2D eigenvalue weighted by molar-refractivity contribution is 7.89. The van der Waals surface area contributed by atoms with Gasteiger partial charge in [0.2, 0.25) is 10.0 Å². The van der Waals surface area contributed by atoms with E-state index >= 15 is 0 Å². The average Bonchev–Trinajstić information content (AvgIpc) is 3.35. The van der Waals surface area contributed by atoms with Gasteiger partial charge in [-0.05, 0) is 49.4 Å². The smallest absolute Gasteiger partial charge is 0.251 e. The molecule has 2 fully saturated rings. The van der Waals surface area contributed by atoms with Crippen molar-refractivity contribution in [2.24, 2.45) is 0 Å². The van der Waals surface area contributed by atoms with Crippen molar-refractivity contribution in [2.45, 2.75) is 36.0 Å². The number of amides is 1. The number of hydrogen-bond acceptors (Lipinski definition) is 4. The molecule has 1 N–H and O–H groups in total. The minimum Gasteiger partial charge on any atom is -0.381 e. The maximum Gasteiger partial charge on any atom is 0.251 e. The molecule has 1 amide bonds. The molecule has 0 unspecified atom stereocenters. The predicted molar refractivity (Wildman–Crippen MR) is 120 cm³/mol. The lowest BCUT2D eigenvalue weighted by atomic mass is 9.74. The molecular weight excluding hydrogens is 436 g/mol. The molecule has 2 aromatic carbocycles. The van der Waals surface area contributed by atoms with Crippen molar-refractivity contribution in [1.82, 2.24) is 9.62 Å². The van der Waals surface area contributed by atoms with E-state index in [1.165, 1.54) is 22.0 Å². The van der Waals surface area contributed by atoms with E-state index < -0.39 is 10.0 Å². The quantitative estimate of drug-likeness (QED) is 0.711. The normalized spacial score (nSPS) is 19.3. The van der Waals surface area contributed by atoms with Crippen LogP contribution in [0.15, 0.2) is 53.4 Å². The Morgan fingerprint density at radius 2 is 1.74 bits per heavy atom. The van der Waals surface area contributed by atoms with Gasteiger partial charge in [-0.25, -0.2) is 8.42 Å². The number of ether oxygens (including phenoxy) is 1. The van der Waals surface area contributed by atoms with Gasteiger partial charge in [0.15, 0.2) is 0 Å². The number of sulfonamides is 1. The van der Waals surface area contributed by atoms with Gasteiger partial charge < -0.3 is 10.1 Å². The Kier molecular flexibility index (Phi) is 6.67. The summed E-state index contributed by atoms with van der Waals surface area (Å²) >= 11 is 6.21. The Morgan fingerprint density at radius 3 is 2.42 bits per heavy atom. The fraction of sp³-hybridized carbons (Fsp3) is 0.435. The summed E-state index contributed by atoms with van der Waals surface area (Å²) in [4.78, 5) is 13.0. The van der Waals surface area contributed by atoms with Crippen molar-refractivity contribution >= 4 is 27.5 Å². The minimum absolute atomic E-state index is 0.00689. The van der Waals surface area contributed by atoms with E-state index in [9.17, 15) is 13.2 Å². The van der Waals surface area contributed by atoms with Crippen LogP contribution in [0.3, 0.4) is 0 Å². The van der Waals surface area contributed by atoms with Crippen LogP contribution in [0.1, 0.15) is 41.6 Å². The SMILES string of the molecule is O=C(NCC1(c2ccccc2)CCOCC1)c1ccc(Cl)c(S(=O)(=O)N2CCCC2)c1. The van der Waals surface area contributed by atoms with Crippen molar-refractivity contribution in [3.05, 3.63) is 64.7 Å². The van der Waals surface area contributed by atoms with Crippen LogP contribution in [0.5, 0.6) is 0 Å². The zero-order valence-corrected chi connectivity index (χ0v) is 18.9. The second kappa shape index (κ2) is 9.28. The first-order valence-electron chi connectivity index (χ1n) is 10.6. The van der Waals surface area contributed by atoms with E-state index in [4.69, 9.17) is 16.3 Å². The molecule has 31 heavy (non-hydrogen) atoms. The Hall–Kier alpha value is -1.93. The summed E-state index contributed by atoms with van der Waals surface area (Å²) in [5.74, 6) is -0.309. The lowest BCUT2D eigenvalue weighted by Crippen LogP contribution is -2.44. The summed E-state index contributed by atoms with van der Waals surface area (Å²) < 4.78 is 32.9. The molecule has 0 atom stereocenters. The monoisotopic (exact) mass is 462 g/mol.